The normalized spacial score (nSPS) is 19.1. The number of hydrogen-bond acceptors (Lipinski definition) is 3. The van der Waals surface area contributed by atoms with Crippen molar-refractivity contribution in [2.75, 3.05) is 13.3 Å². The van der Waals surface area contributed by atoms with Gasteiger partial charge >= 0.3 is 0 Å². The van der Waals surface area contributed by atoms with Gasteiger partial charge in [-0.1, -0.05) is 80.6 Å². The van der Waals surface area contributed by atoms with Crippen molar-refractivity contribution in [2.24, 2.45) is 10.9 Å². The Bertz CT molecular complexity index is 831. The van der Waals surface area contributed by atoms with Gasteiger partial charge in [0.1, 0.15) is 12.6 Å². The van der Waals surface area contributed by atoms with Crippen LogP contribution in [0.5, 0.6) is 0 Å². The lowest BCUT2D eigenvalue weighted by Gasteiger charge is -2.36. The fourth-order valence-electron chi connectivity index (χ4n) is 4.18. The summed E-state index contributed by atoms with van der Waals surface area (Å²) < 4.78 is 6.18. The van der Waals surface area contributed by atoms with Crippen molar-refractivity contribution in [3.05, 3.63) is 95.7 Å². The predicted octanol–water partition coefficient (Wildman–Crippen LogP) is 6.75. The van der Waals surface area contributed by atoms with E-state index in [0.29, 0.717) is 19.3 Å². The minimum absolute atomic E-state index is 0.0760. The molecule has 2 aromatic rings. The number of rotatable bonds is 4. The molecule has 158 valence electrons. The Balaban J connectivity index is 0.00000124. The lowest BCUT2D eigenvalue weighted by atomic mass is 9.87. The summed E-state index contributed by atoms with van der Waals surface area (Å²) in [6.07, 6.45) is 5.25. The number of benzene rings is 2. The van der Waals surface area contributed by atoms with E-state index in [2.05, 4.69) is 85.1 Å². The van der Waals surface area contributed by atoms with Crippen LogP contribution in [0.3, 0.4) is 0 Å². The molecule has 0 spiro atoms. The largest absolute Gasteiger partial charge is 0.357 e. The molecule has 3 nitrogen and oxygen atoms in total. The molecule has 2 aliphatic rings. The lowest BCUT2D eigenvalue weighted by molar-refractivity contribution is 0.0617. The number of amidine groups is 1. The molecule has 1 heterocycles. The van der Waals surface area contributed by atoms with Crippen molar-refractivity contribution in [1.82, 2.24) is 4.90 Å². The average Bonchev–Trinajstić information content (AvgIpc) is 2.80. The summed E-state index contributed by atoms with van der Waals surface area (Å²) in [6.45, 7) is 11.3. The molecule has 0 amide bonds. The van der Waals surface area contributed by atoms with Gasteiger partial charge in [-0.15, -0.1) is 6.58 Å². The van der Waals surface area contributed by atoms with Crippen LogP contribution < -0.4 is 0 Å². The van der Waals surface area contributed by atoms with Gasteiger partial charge in [0, 0.05) is 5.70 Å². The predicted molar refractivity (Wildman–Crippen MR) is 126 cm³/mol. The smallest absolute Gasteiger partial charge is 0.121 e. The topological polar surface area (TPSA) is 24.8 Å². The monoisotopic (exact) mass is 402 g/mol. The van der Waals surface area contributed by atoms with E-state index in [9.17, 15) is 0 Å². The SMILES string of the molecule is C=CC1CCC2=C(C1)N=C(C)N(C(c1ccccc1)c1ccccc1)COC2.CC. The Labute approximate surface area is 181 Å². The summed E-state index contributed by atoms with van der Waals surface area (Å²) in [5.74, 6) is 1.52. The molecule has 0 N–H and O–H groups in total. The van der Waals surface area contributed by atoms with E-state index in [1.54, 1.807) is 0 Å². The number of nitrogens with zero attached hydrogens (tertiary/aromatic N) is 2. The van der Waals surface area contributed by atoms with Gasteiger partial charge in [-0.05, 0) is 48.8 Å². The maximum atomic E-state index is 6.18. The van der Waals surface area contributed by atoms with E-state index in [0.717, 1.165) is 25.1 Å². The first-order valence-corrected chi connectivity index (χ1v) is 11.1. The van der Waals surface area contributed by atoms with Crippen LogP contribution in [0.1, 0.15) is 57.2 Å². The molecule has 0 radical (unpaired) electrons. The zero-order chi connectivity index (χ0) is 21.3. The van der Waals surface area contributed by atoms with Gasteiger partial charge in [0.2, 0.25) is 0 Å². The molecular weight excluding hydrogens is 368 g/mol. The van der Waals surface area contributed by atoms with Crippen LogP contribution in [0.4, 0.5) is 0 Å². The zero-order valence-electron chi connectivity index (χ0n) is 18.6. The Morgan fingerprint density at radius 1 is 1.03 bits per heavy atom. The van der Waals surface area contributed by atoms with Crippen molar-refractivity contribution in [1.29, 1.82) is 0 Å². The van der Waals surface area contributed by atoms with E-state index < -0.39 is 0 Å². The van der Waals surface area contributed by atoms with Gasteiger partial charge in [0.15, 0.2) is 0 Å². The molecule has 3 heteroatoms. The third kappa shape index (κ3) is 5.09. The molecular formula is C27H34N2O. The van der Waals surface area contributed by atoms with Gasteiger partial charge in [-0.25, -0.2) is 4.99 Å². The maximum Gasteiger partial charge on any atom is 0.121 e. The number of allylic oxidation sites excluding steroid dienone is 2. The molecule has 4 rings (SSSR count). The first-order chi connectivity index (χ1) is 14.8. The second-order valence-corrected chi connectivity index (χ2v) is 7.62. The number of hydrogen-bond donors (Lipinski definition) is 0. The molecule has 1 atom stereocenters. The highest BCUT2D eigenvalue weighted by Crippen LogP contribution is 2.34. The standard InChI is InChI=1S/C25H28N2O.C2H6/c1-3-20-14-15-23-17-28-18-27(19(2)26-24(23)16-20)25(21-10-6-4-7-11-21)22-12-8-5-9-13-22;1-2/h3-13,20,25H,1,14-18H2,2H3;1-2H3. The van der Waals surface area contributed by atoms with Crippen LogP contribution >= 0.6 is 0 Å². The average molecular weight is 403 g/mol. The molecule has 30 heavy (non-hydrogen) atoms. The van der Waals surface area contributed by atoms with E-state index in [1.165, 1.54) is 22.4 Å². The molecule has 0 fully saturated rings. The van der Waals surface area contributed by atoms with Crippen LogP contribution in [0, 0.1) is 5.92 Å². The summed E-state index contributed by atoms with van der Waals surface area (Å²) >= 11 is 0. The lowest BCUT2D eigenvalue weighted by Crippen LogP contribution is -2.37. The second kappa shape index (κ2) is 10.9. The van der Waals surface area contributed by atoms with Gasteiger partial charge in [0.05, 0.1) is 12.6 Å². The fraction of sp³-hybridized carbons (Fsp3) is 0.370. The molecule has 0 saturated carbocycles. The highest BCUT2D eigenvalue weighted by molar-refractivity contribution is 5.82. The van der Waals surface area contributed by atoms with Crippen LogP contribution in [0.2, 0.25) is 0 Å². The van der Waals surface area contributed by atoms with Crippen molar-refractivity contribution >= 4 is 5.84 Å². The minimum Gasteiger partial charge on any atom is -0.357 e. The molecule has 1 aliphatic carbocycles. The molecule has 1 unspecified atom stereocenters. The van der Waals surface area contributed by atoms with Gasteiger partial charge in [-0.3, -0.25) is 0 Å². The van der Waals surface area contributed by atoms with E-state index in [4.69, 9.17) is 9.73 Å². The van der Waals surface area contributed by atoms with E-state index in [-0.39, 0.29) is 6.04 Å². The summed E-state index contributed by atoms with van der Waals surface area (Å²) in [5.41, 5.74) is 5.04. The van der Waals surface area contributed by atoms with Crippen molar-refractivity contribution < 1.29 is 4.74 Å². The molecule has 0 bridgehead atoms. The highest BCUT2D eigenvalue weighted by Gasteiger charge is 2.27. The van der Waals surface area contributed by atoms with Crippen LogP contribution in [0.15, 0.2) is 89.6 Å². The summed E-state index contributed by atoms with van der Waals surface area (Å²) in [5, 5.41) is 0. The van der Waals surface area contributed by atoms with E-state index >= 15 is 0 Å². The quantitative estimate of drug-likeness (QED) is 0.528. The third-order valence-electron chi connectivity index (χ3n) is 5.78. The van der Waals surface area contributed by atoms with Gasteiger partial charge < -0.3 is 9.64 Å². The molecule has 2 aromatic carbocycles. The third-order valence-corrected chi connectivity index (χ3v) is 5.78. The molecule has 1 aliphatic heterocycles. The zero-order valence-corrected chi connectivity index (χ0v) is 18.6. The van der Waals surface area contributed by atoms with Crippen LogP contribution in [-0.4, -0.2) is 24.1 Å². The summed E-state index contributed by atoms with van der Waals surface area (Å²) in [6, 6.07) is 21.3. The van der Waals surface area contributed by atoms with Crippen molar-refractivity contribution in [3.63, 3.8) is 0 Å². The summed E-state index contributed by atoms with van der Waals surface area (Å²) in [7, 11) is 0. The number of aliphatic imine (C=N–C) groups is 1. The first-order valence-electron chi connectivity index (χ1n) is 11.1. The fourth-order valence-corrected chi connectivity index (χ4v) is 4.18. The van der Waals surface area contributed by atoms with Gasteiger partial charge in [0.25, 0.3) is 0 Å². The second-order valence-electron chi connectivity index (χ2n) is 7.62. The van der Waals surface area contributed by atoms with Crippen LogP contribution in [0.25, 0.3) is 0 Å². The van der Waals surface area contributed by atoms with Crippen LogP contribution in [-0.2, 0) is 4.74 Å². The van der Waals surface area contributed by atoms with E-state index in [1.807, 2.05) is 13.8 Å². The van der Waals surface area contributed by atoms with Crippen molar-refractivity contribution in [3.8, 4) is 0 Å². The maximum absolute atomic E-state index is 6.18. The molecule has 0 saturated heterocycles. The molecule has 0 aromatic heterocycles. The van der Waals surface area contributed by atoms with Crippen molar-refractivity contribution in [2.45, 2.75) is 46.1 Å². The number of ether oxygens (including phenoxy) is 1. The Morgan fingerprint density at radius 3 is 2.20 bits per heavy atom. The Morgan fingerprint density at radius 2 is 1.63 bits per heavy atom. The Hall–Kier alpha value is -2.65. The highest BCUT2D eigenvalue weighted by atomic mass is 16.5. The summed E-state index contributed by atoms with van der Waals surface area (Å²) in [4.78, 5) is 7.39. The van der Waals surface area contributed by atoms with Gasteiger partial charge in [-0.2, -0.15) is 0 Å². The Kier molecular flexibility index (Phi) is 8.04. The first kappa shape index (κ1) is 22.0. The minimum atomic E-state index is 0.0760.